The molecule has 0 saturated heterocycles. The van der Waals surface area contributed by atoms with E-state index in [1.807, 2.05) is 19.9 Å². The van der Waals surface area contributed by atoms with Crippen LogP contribution in [0.15, 0.2) is 48.7 Å². The number of carbonyl (C=O) groups is 1. The number of amides is 1. The van der Waals surface area contributed by atoms with Crippen molar-refractivity contribution in [2.24, 2.45) is 0 Å². The maximum atomic E-state index is 14.2. The number of para-hydroxylation sites is 2. The van der Waals surface area contributed by atoms with Gasteiger partial charge >= 0.3 is 0 Å². The molecule has 0 aliphatic rings. The highest BCUT2D eigenvalue weighted by molar-refractivity contribution is 6.07. The van der Waals surface area contributed by atoms with Crippen LogP contribution in [-0.4, -0.2) is 16.9 Å². The van der Waals surface area contributed by atoms with Crippen molar-refractivity contribution in [1.82, 2.24) is 4.98 Å². The molecule has 0 spiro atoms. The number of nitrogen functional groups attached to an aromatic ring is 1. The number of nitrogens with one attached hydrogen (secondary N) is 2. The van der Waals surface area contributed by atoms with Crippen LogP contribution in [0.4, 0.5) is 21.5 Å². The molecule has 0 aliphatic carbocycles. The van der Waals surface area contributed by atoms with Crippen LogP contribution in [0.1, 0.15) is 24.2 Å². The lowest BCUT2D eigenvalue weighted by Crippen LogP contribution is -2.17. The average molecular weight is 338 g/mol. The fourth-order valence-electron chi connectivity index (χ4n) is 2.58. The van der Waals surface area contributed by atoms with Crippen LogP contribution in [0.25, 0.3) is 10.9 Å². The molecule has 1 heterocycles. The zero-order valence-corrected chi connectivity index (χ0v) is 14.0. The second kappa shape index (κ2) is 6.76. The van der Waals surface area contributed by atoms with E-state index in [9.17, 15) is 9.18 Å². The number of nitrogens with two attached hydrogens (primary N) is 1. The van der Waals surface area contributed by atoms with E-state index >= 15 is 0 Å². The van der Waals surface area contributed by atoms with Gasteiger partial charge in [-0.3, -0.25) is 9.78 Å². The van der Waals surface area contributed by atoms with Crippen molar-refractivity contribution in [1.29, 1.82) is 0 Å². The van der Waals surface area contributed by atoms with Gasteiger partial charge in [0.1, 0.15) is 11.5 Å². The van der Waals surface area contributed by atoms with Crippen molar-refractivity contribution in [2.45, 2.75) is 19.9 Å². The van der Waals surface area contributed by atoms with E-state index in [2.05, 4.69) is 15.6 Å². The molecule has 0 atom stereocenters. The maximum absolute atomic E-state index is 14.2. The van der Waals surface area contributed by atoms with Crippen LogP contribution in [0.3, 0.4) is 0 Å². The second-order valence-corrected chi connectivity index (χ2v) is 6.06. The zero-order chi connectivity index (χ0) is 18.0. The zero-order valence-electron chi connectivity index (χ0n) is 14.0. The van der Waals surface area contributed by atoms with E-state index in [4.69, 9.17) is 5.73 Å². The van der Waals surface area contributed by atoms with E-state index in [0.29, 0.717) is 22.5 Å². The number of nitrogens with zero attached hydrogens (tertiary/aromatic N) is 1. The standard InChI is InChI=1S/C19H19FN4O/c1-11(2)23-16-8-4-6-14(20)18(16)24-19(25)13-9-12-5-3-7-15(21)17(12)22-10-13/h3-11,23H,21H2,1-2H3,(H,24,25). The first-order valence-corrected chi connectivity index (χ1v) is 7.96. The van der Waals surface area contributed by atoms with Crippen molar-refractivity contribution < 1.29 is 9.18 Å². The van der Waals surface area contributed by atoms with E-state index in [1.165, 1.54) is 12.3 Å². The molecule has 0 radical (unpaired) electrons. The monoisotopic (exact) mass is 338 g/mol. The minimum atomic E-state index is -0.503. The molecule has 3 rings (SSSR count). The predicted octanol–water partition coefficient (Wildman–Crippen LogP) is 4.03. The fourth-order valence-corrected chi connectivity index (χ4v) is 2.58. The third kappa shape index (κ3) is 3.52. The highest BCUT2D eigenvalue weighted by Gasteiger charge is 2.15. The first kappa shape index (κ1) is 16.7. The van der Waals surface area contributed by atoms with Crippen LogP contribution in [0.5, 0.6) is 0 Å². The molecular weight excluding hydrogens is 319 g/mol. The summed E-state index contributed by atoms with van der Waals surface area (Å²) in [7, 11) is 0. The molecule has 128 valence electrons. The summed E-state index contributed by atoms with van der Waals surface area (Å²) in [5.74, 6) is -0.939. The Hall–Kier alpha value is -3.15. The number of benzene rings is 2. The van der Waals surface area contributed by atoms with Crippen LogP contribution in [-0.2, 0) is 0 Å². The summed E-state index contributed by atoms with van der Waals surface area (Å²) in [5.41, 5.74) is 8.02. The SMILES string of the molecule is CC(C)Nc1cccc(F)c1NC(=O)c1cnc2c(N)cccc2c1. The lowest BCUT2D eigenvalue weighted by Gasteiger charge is -2.16. The third-order valence-electron chi connectivity index (χ3n) is 3.70. The summed E-state index contributed by atoms with van der Waals surface area (Å²) >= 11 is 0. The number of halogens is 1. The summed E-state index contributed by atoms with van der Waals surface area (Å²) in [4.78, 5) is 16.8. The number of aromatic nitrogens is 1. The first-order valence-electron chi connectivity index (χ1n) is 7.96. The van der Waals surface area contributed by atoms with Gasteiger partial charge in [-0.15, -0.1) is 0 Å². The van der Waals surface area contributed by atoms with E-state index in [1.54, 1.807) is 30.3 Å². The number of pyridine rings is 1. The van der Waals surface area contributed by atoms with Gasteiger partial charge in [-0.1, -0.05) is 18.2 Å². The van der Waals surface area contributed by atoms with E-state index in [-0.39, 0.29) is 11.7 Å². The van der Waals surface area contributed by atoms with E-state index in [0.717, 1.165) is 5.39 Å². The quantitative estimate of drug-likeness (QED) is 0.628. The van der Waals surface area contributed by atoms with Crippen LogP contribution in [0, 0.1) is 5.82 Å². The second-order valence-electron chi connectivity index (χ2n) is 6.06. The lowest BCUT2D eigenvalue weighted by atomic mass is 10.1. The molecule has 3 aromatic rings. The highest BCUT2D eigenvalue weighted by atomic mass is 19.1. The average Bonchev–Trinajstić information content (AvgIpc) is 2.57. The minimum Gasteiger partial charge on any atom is -0.397 e. The third-order valence-corrected chi connectivity index (χ3v) is 3.70. The number of hydrogen-bond donors (Lipinski definition) is 3. The van der Waals surface area contributed by atoms with Gasteiger partial charge in [0.05, 0.1) is 22.5 Å². The summed E-state index contributed by atoms with van der Waals surface area (Å²) in [6.45, 7) is 3.88. The number of fused-ring (bicyclic) bond motifs is 1. The lowest BCUT2D eigenvalue weighted by molar-refractivity contribution is 0.102. The van der Waals surface area contributed by atoms with Crippen LogP contribution < -0.4 is 16.4 Å². The minimum absolute atomic E-state index is 0.0998. The van der Waals surface area contributed by atoms with Gasteiger partial charge in [0.25, 0.3) is 5.91 Å². The maximum Gasteiger partial charge on any atom is 0.257 e. The Bertz CT molecular complexity index is 940. The van der Waals surface area contributed by atoms with Crippen molar-refractivity contribution in [3.8, 4) is 0 Å². The van der Waals surface area contributed by atoms with Gasteiger partial charge < -0.3 is 16.4 Å². The summed E-state index contributed by atoms with van der Waals surface area (Å²) in [6.07, 6.45) is 1.43. The Morgan fingerprint density at radius 2 is 1.96 bits per heavy atom. The molecule has 0 saturated carbocycles. The largest absolute Gasteiger partial charge is 0.397 e. The van der Waals surface area contributed by atoms with Crippen molar-refractivity contribution >= 4 is 33.9 Å². The molecule has 25 heavy (non-hydrogen) atoms. The predicted molar refractivity (Wildman–Crippen MR) is 99.3 cm³/mol. The topological polar surface area (TPSA) is 80.0 Å². The fraction of sp³-hybridized carbons (Fsp3) is 0.158. The highest BCUT2D eigenvalue weighted by Crippen LogP contribution is 2.27. The molecule has 1 amide bonds. The number of anilines is 3. The van der Waals surface area contributed by atoms with Crippen molar-refractivity contribution in [3.05, 3.63) is 60.0 Å². The number of hydrogen-bond acceptors (Lipinski definition) is 4. The summed E-state index contributed by atoms with van der Waals surface area (Å²) in [5, 5.41) is 6.50. The van der Waals surface area contributed by atoms with Gasteiger partial charge in [-0.25, -0.2) is 4.39 Å². The van der Waals surface area contributed by atoms with Gasteiger partial charge in [-0.05, 0) is 38.1 Å². The molecule has 5 nitrogen and oxygen atoms in total. The Kier molecular flexibility index (Phi) is 4.52. The number of carbonyl (C=O) groups excluding carboxylic acids is 1. The van der Waals surface area contributed by atoms with Crippen LogP contribution in [0.2, 0.25) is 0 Å². The Labute approximate surface area is 145 Å². The molecule has 1 aromatic heterocycles. The van der Waals surface area contributed by atoms with Crippen molar-refractivity contribution in [3.63, 3.8) is 0 Å². The van der Waals surface area contributed by atoms with Crippen molar-refractivity contribution in [2.75, 3.05) is 16.4 Å². The molecule has 2 aromatic carbocycles. The van der Waals surface area contributed by atoms with Gasteiger partial charge in [-0.2, -0.15) is 0 Å². The van der Waals surface area contributed by atoms with Crippen LogP contribution >= 0.6 is 0 Å². The molecule has 0 fully saturated rings. The number of rotatable bonds is 4. The summed E-state index contributed by atoms with van der Waals surface area (Å²) in [6, 6.07) is 11.8. The van der Waals surface area contributed by atoms with Gasteiger partial charge in [0.15, 0.2) is 0 Å². The molecule has 4 N–H and O–H groups in total. The molecule has 6 heteroatoms. The Morgan fingerprint density at radius 3 is 2.72 bits per heavy atom. The molecule has 0 bridgehead atoms. The van der Waals surface area contributed by atoms with Gasteiger partial charge in [0, 0.05) is 17.6 Å². The normalized spacial score (nSPS) is 10.9. The molecular formula is C19H19FN4O. The smallest absolute Gasteiger partial charge is 0.257 e. The van der Waals surface area contributed by atoms with Gasteiger partial charge in [0.2, 0.25) is 0 Å². The summed E-state index contributed by atoms with van der Waals surface area (Å²) < 4.78 is 14.2. The Morgan fingerprint density at radius 1 is 1.20 bits per heavy atom. The van der Waals surface area contributed by atoms with E-state index < -0.39 is 11.7 Å². The molecule has 0 aliphatic heterocycles. The molecule has 0 unspecified atom stereocenters. The first-order chi connectivity index (χ1) is 12.0. The Balaban J connectivity index is 1.93.